The summed E-state index contributed by atoms with van der Waals surface area (Å²) in [5, 5.41) is 3.36. The van der Waals surface area contributed by atoms with E-state index < -0.39 is 0 Å². The van der Waals surface area contributed by atoms with E-state index in [-0.39, 0.29) is 5.91 Å². The number of hydrogen-bond acceptors (Lipinski definition) is 7. The van der Waals surface area contributed by atoms with Crippen molar-refractivity contribution in [3.8, 4) is 11.8 Å². The second-order valence-electron chi connectivity index (χ2n) is 6.23. The van der Waals surface area contributed by atoms with Crippen LogP contribution in [0.2, 0.25) is 0 Å². The molecule has 150 valence electrons. The molecule has 0 radical (unpaired) electrons. The Bertz CT molecular complexity index is 971. The van der Waals surface area contributed by atoms with Crippen LogP contribution in [0.1, 0.15) is 10.4 Å². The second-order valence-corrected chi connectivity index (χ2v) is 7.24. The lowest BCUT2D eigenvalue weighted by Gasteiger charge is -2.13. The van der Waals surface area contributed by atoms with Gasteiger partial charge in [0.15, 0.2) is 5.16 Å². The molecule has 1 aromatic heterocycles. The zero-order valence-corrected chi connectivity index (χ0v) is 17.5. The summed E-state index contributed by atoms with van der Waals surface area (Å²) in [6.07, 6.45) is 0. The van der Waals surface area contributed by atoms with Crippen LogP contribution >= 0.6 is 11.8 Å². The molecule has 1 heterocycles. The molecule has 3 rings (SSSR count). The van der Waals surface area contributed by atoms with Gasteiger partial charge in [0.25, 0.3) is 5.91 Å². The van der Waals surface area contributed by atoms with Crippen LogP contribution < -0.4 is 19.7 Å². The Balaban J connectivity index is 1.82. The van der Waals surface area contributed by atoms with Crippen molar-refractivity contribution in [1.29, 1.82) is 0 Å². The minimum Gasteiger partial charge on any atom is -0.481 e. The van der Waals surface area contributed by atoms with Crippen LogP contribution in [0.25, 0.3) is 0 Å². The minimum absolute atomic E-state index is 0.208. The Kier molecular flexibility index (Phi) is 6.56. The summed E-state index contributed by atoms with van der Waals surface area (Å²) >= 11 is 1.27. The number of anilines is 2. The summed E-state index contributed by atoms with van der Waals surface area (Å²) < 4.78 is 10.4. The number of carbonyl (C=O) groups excluding carboxylic acids is 1. The fraction of sp³-hybridized carbons (Fsp3) is 0.190. The van der Waals surface area contributed by atoms with Gasteiger partial charge < -0.3 is 19.7 Å². The molecular weight excluding hydrogens is 388 g/mol. The number of aromatic nitrogens is 2. The molecule has 0 aliphatic rings. The summed E-state index contributed by atoms with van der Waals surface area (Å²) in [4.78, 5) is 24.2. The topological polar surface area (TPSA) is 76.6 Å². The number of rotatable bonds is 7. The molecule has 0 spiro atoms. The summed E-state index contributed by atoms with van der Waals surface area (Å²) in [5.74, 6) is 0.574. The van der Waals surface area contributed by atoms with Gasteiger partial charge in [-0.25, -0.2) is 0 Å². The largest absolute Gasteiger partial charge is 0.481 e. The molecule has 1 N–H and O–H groups in total. The molecule has 2 aromatic carbocycles. The Morgan fingerprint density at radius 2 is 1.59 bits per heavy atom. The van der Waals surface area contributed by atoms with Gasteiger partial charge in [-0.3, -0.25) is 4.79 Å². The van der Waals surface area contributed by atoms with E-state index in [1.54, 1.807) is 12.1 Å². The second kappa shape index (κ2) is 9.29. The maximum Gasteiger partial charge on any atom is 0.256 e. The van der Waals surface area contributed by atoms with Gasteiger partial charge in [0.1, 0.15) is 0 Å². The maximum absolute atomic E-state index is 12.9. The van der Waals surface area contributed by atoms with Crippen molar-refractivity contribution in [3.63, 3.8) is 0 Å². The maximum atomic E-state index is 12.9. The first kappa shape index (κ1) is 20.5. The molecule has 0 aliphatic heterocycles. The van der Waals surface area contributed by atoms with E-state index in [9.17, 15) is 4.79 Å². The van der Waals surface area contributed by atoms with E-state index in [2.05, 4.69) is 15.3 Å². The van der Waals surface area contributed by atoms with Crippen molar-refractivity contribution in [2.24, 2.45) is 0 Å². The molecule has 0 fully saturated rings. The SMILES string of the molecule is COc1cc(OC)nc(Sc2ccccc2C(=O)Nc2ccc(N(C)C)cc2)n1. The molecule has 0 unspecified atom stereocenters. The Hall–Kier alpha value is -3.26. The lowest BCUT2D eigenvalue weighted by molar-refractivity contribution is 0.102. The van der Waals surface area contributed by atoms with Crippen molar-refractivity contribution in [3.05, 3.63) is 60.2 Å². The third-order valence-corrected chi connectivity index (χ3v) is 4.99. The summed E-state index contributed by atoms with van der Waals surface area (Å²) in [6.45, 7) is 0. The van der Waals surface area contributed by atoms with Crippen LogP contribution in [-0.2, 0) is 0 Å². The van der Waals surface area contributed by atoms with Crippen molar-refractivity contribution in [1.82, 2.24) is 9.97 Å². The van der Waals surface area contributed by atoms with Gasteiger partial charge >= 0.3 is 0 Å². The van der Waals surface area contributed by atoms with E-state index in [0.29, 0.717) is 22.5 Å². The molecule has 8 heteroatoms. The number of methoxy groups -OCH3 is 2. The van der Waals surface area contributed by atoms with E-state index >= 15 is 0 Å². The smallest absolute Gasteiger partial charge is 0.256 e. The fourth-order valence-corrected chi connectivity index (χ4v) is 3.41. The number of benzene rings is 2. The fourth-order valence-electron chi connectivity index (χ4n) is 2.52. The standard InChI is InChI=1S/C21H22N4O3S/c1-25(2)15-11-9-14(10-12-15)22-20(26)16-7-5-6-8-17(16)29-21-23-18(27-3)13-19(24-21)28-4/h5-13H,1-4H3,(H,22,26). The average Bonchev–Trinajstić information content (AvgIpc) is 2.74. The van der Waals surface area contributed by atoms with Gasteiger partial charge in [0.2, 0.25) is 11.8 Å². The van der Waals surface area contributed by atoms with Crippen molar-refractivity contribution in [2.45, 2.75) is 10.1 Å². The molecule has 7 nitrogen and oxygen atoms in total. The molecular formula is C21H22N4O3S. The van der Waals surface area contributed by atoms with Crippen LogP contribution in [0.4, 0.5) is 11.4 Å². The quantitative estimate of drug-likeness (QED) is 0.591. The number of carbonyl (C=O) groups is 1. The zero-order valence-electron chi connectivity index (χ0n) is 16.7. The molecule has 0 atom stereocenters. The van der Waals surface area contributed by atoms with Crippen LogP contribution in [0.15, 0.2) is 64.6 Å². The molecule has 29 heavy (non-hydrogen) atoms. The molecule has 0 saturated carbocycles. The Morgan fingerprint density at radius 1 is 0.966 bits per heavy atom. The summed E-state index contributed by atoms with van der Waals surface area (Å²) in [7, 11) is 6.99. The summed E-state index contributed by atoms with van der Waals surface area (Å²) in [5.41, 5.74) is 2.31. The monoisotopic (exact) mass is 410 g/mol. The van der Waals surface area contributed by atoms with Crippen molar-refractivity contribution < 1.29 is 14.3 Å². The van der Waals surface area contributed by atoms with Crippen LogP contribution in [0, 0.1) is 0 Å². The van der Waals surface area contributed by atoms with Gasteiger partial charge in [-0.1, -0.05) is 12.1 Å². The molecule has 1 amide bonds. The first-order valence-corrected chi connectivity index (χ1v) is 9.64. The highest BCUT2D eigenvalue weighted by Crippen LogP contribution is 2.31. The van der Waals surface area contributed by atoms with E-state index in [0.717, 1.165) is 16.3 Å². The number of nitrogens with one attached hydrogen (secondary N) is 1. The third kappa shape index (κ3) is 5.17. The minimum atomic E-state index is -0.208. The molecule has 3 aromatic rings. The van der Waals surface area contributed by atoms with Gasteiger partial charge in [-0.05, 0) is 48.2 Å². The highest BCUT2D eigenvalue weighted by Gasteiger charge is 2.15. The third-order valence-electron chi connectivity index (χ3n) is 4.05. The normalized spacial score (nSPS) is 10.3. The number of hydrogen-bond donors (Lipinski definition) is 1. The lowest BCUT2D eigenvalue weighted by Crippen LogP contribution is -2.13. The van der Waals surface area contributed by atoms with Gasteiger partial charge in [0.05, 0.1) is 25.8 Å². The zero-order chi connectivity index (χ0) is 20.8. The van der Waals surface area contributed by atoms with Gasteiger partial charge in [-0.2, -0.15) is 9.97 Å². The van der Waals surface area contributed by atoms with E-state index in [1.165, 1.54) is 26.0 Å². The van der Waals surface area contributed by atoms with E-state index in [4.69, 9.17) is 9.47 Å². The van der Waals surface area contributed by atoms with Crippen molar-refractivity contribution >= 4 is 29.0 Å². The van der Waals surface area contributed by atoms with Crippen LogP contribution in [-0.4, -0.2) is 44.2 Å². The Morgan fingerprint density at radius 3 is 2.17 bits per heavy atom. The number of nitrogens with zero attached hydrogens (tertiary/aromatic N) is 3. The van der Waals surface area contributed by atoms with E-state index in [1.807, 2.05) is 61.5 Å². The molecule has 0 bridgehead atoms. The lowest BCUT2D eigenvalue weighted by atomic mass is 10.2. The predicted octanol–water partition coefficient (Wildman–Crippen LogP) is 3.96. The molecule has 0 saturated heterocycles. The highest BCUT2D eigenvalue weighted by atomic mass is 32.2. The predicted molar refractivity (Wildman–Crippen MR) is 114 cm³/mol. The van der Waals surface area contributed by atoms with Gasteiger partial charge in [0, 0.05) is 30.4 Å². The highest BCUT2D eigenvalue weighted by molar-refractivity contribution is 7.99. The van der Waals surface area contributed by atoms with Crippen molar-refractivity contribution in [2.75, 3.05) is 38.5 Å². The first-order valence-electron chi connectivity index (χ1n) is 8.83. The van der Waals surface area contributed by atoms with Gasteiger partial charge in [-0.15, -0.1) is 0 Å². The van der Waals surface area contributed by atoms with Crippen LogP contribution in [0.3, 0.4) is 0 Å². The average molecular weight is 410 g/mol. The van der Waals surface area contributed by atoms with Crippen LogP contribution in [0.5, 0.6) is 11.8 Å². The molecule has 0 aliphatic carbocycles. The summed E-state index contributed by atoms with van der Waals surface area (Å²) in [6, 6.07) is 16.5. The number of amides is 1. The number of ether oxygens (including phenoxy) is 2. The Labute approximate surface area is 174 Å². The first-order chi connectivity index (χ1) is 14.0.